The first-order valence-electron chi connectivity index (χ1n) is 4.09. The first-order valence-corrected chi connectivity index (χ1v) is 4.09. The molecule has 0 aliphatic heterocycles. The molecule has 15 heavy (non-hydrogen) atoms. The lowest BCUT2D eigenvalue weighted by atomic mass is 10.2. The van der Waals surface area contributed by atoms with Crippen molar-refractivity contribution < 1.29 is 14.8 Å². The molecule has 0 radical (unpaired) electrons. The molecule has 0 bridgehead atoms. The summed E-state index contributed by atoms with van der Waals surface area (Å²) in [6.45, 7) is 1.49. The first-order chi connectivity index (χ1) is 7.07. The van der Waals surface area contributed by atoms with E-state index in [1.807, 2.05) is 0 Å². The number of rotatable bonds is 3. The second-order valence-electron chi connectivity index (χ2n) is 2.79. The Kier molecular flexibility index (Phi) is 3.13. The van der Waals surface area contributed by atoms with Crippen LogP contribution < -0.4 is 9.84 Å². The van der Waals surface area contributed by atoms with Gasteiger partial charge in [0.2, 0.25) is 0 Å². The fourth-order valence-corrected chi connectivity index (χ4v) is 1.08. The van der Waals surface area contributed by atoms with E-state index < -0.39 is 16.4 Å². The SMILES string of the molecule is C#CCOc1ccc([N+](=O)[O-])c([O-])c1C. The lowest BCUT2D eigenvalue weighted by Crippen LogP contribution is -2.03. The van der Waals surface area contributed by atoms with Gasteiger partial charge in [-0.15, -0.1) is 6.42 Å². The number of terminal acetylenes is 1. The molecular weight excluding hydrogens is 198 g/mol. The number of ether oxygens (including phenoxy) is 1. The molecule has 0 aliphatic rings. The van der Waals surface area contributed by atoms with E-state index in [4.69, 9.17) is 11.2 Å². The molecule has 0 saturated carbocycles. The van der Waals surface area contributed by atoms with Gasteiger partial charge in [0.25, 0.3) is 5.69 Å². The fraction of sp³-hybridized carbons (Fsp3) is 0.200. The maximum Gasteiger partial charge on any atom is 0.262 e. The number of nitro benzene ring substituents is 1. The Morgan fingerprint density at radius 3 is 2.80 bits per heavy atom. The van der Waals surface area contributed by atoms with Gasteiger partial charge >= 0.3 is 0 Å². The molecule has 78 valence electrons. The van der Waals surface area contributed by atoms with Crippen LogP contribution in [0.2, 0.25) is 0 Å². The van der Waals surface area contributed by atoms with E-state index in [1.165, 1.54) is 13.0 Å². The molecule has 0 N–H and O–H groups in total. The van der Waals surface area contributed by atoms with Crippen molar-refractivity contribution in [3.8, 4) is 23.8 Å². The Morgan fingerprint density at radius 1 is 1.60 bits per heavy atom. The summed E-state index contributed by atoms with van der Waals surface area (Å²) in [5.41, 5.74) is -0.264. The Hall–Kier alpha value is -2.22. The highest BCUT2D eigenvalue weighted by molar-refractivity contribution is 5.55. The average Bonchev–Trinajstić information content (AvgIpc) is 2.20. The number of hydrogen-bond donors (Lipinski definition) is 0. The van der Waals surface area contributed by atoms with Gasteiger partial charge in [0.15, 0.2) is 0 Å². The minimum Gasteiger partial charge on any atom is -0.868 e. The molecule has 5 heteroatoms. The molecule has 1 aromatic rings. The van der Waals surface area contributed by atoms with Crippen molar-refractivity contribution in [2.45, 2.75) is 6.92 Å². The van der Waals surface area contributed by atoms with Gasteiger partial charge in [0.1, 0.15) is 12.4 Å². The van der Waals surface area contributed by atoms with Crippen molar-refractivity contribution in [3.63, 3.8) is 0 Å². The van der Waals surface area contributed by atoms with E-state index in [0.717, 1.165) is 6.07 Å². The van der Waals surface area contributed by atoms with Gasteiger partial charge in [-0.25, -0.2) is 0 Å². The number of hydrogen-bond acceptors (Lipinski definition) is 4. The minimum atomic E-state index is -0.722. The number of nitrogens with zero attached hydrogens (tertiary/aromatic N) is 1. The quantitative estimate of drug-likeness (QED) is 0.420. The number of nitro groups is 1. The molecule has 1 aromatic carbocycles. The van der Waals surface area contributed by atoms with Crippen LogP contribution in [0.4, 0.5) is 5.69 Å². The molecule has 0 fully saturated rings. The zero-order valence-corrected chi connectivity index (χ0v) is 8.02. The third-order valence-electron chi connectivity index (χ3n) is 1.84. The molecule has 0 amide bonds. The highest BCUT2D eigenvalue weighted by atomic mass is 16.6. The largest absolute Gasteiger partial charge is 0.868 e. The van der Waals surface area contributed by atoms with Crippen LogP contribution in [0.15, 0.2) is 12.1 Å². The van der Waals surface area contributed by atoms with Crippen molar-refractivity contribution in [2.24, 2.45) is 0 Å². The second-order valence-corrected chi connectivity index (χ2v) is 2.79. The van der Waals surface area contributed by atoms with Gasteiger partial charge in [-0.05, 0) is 24.3 Å². The predicted octanol–water partition coefficient (Wildman–Crippen LogP) is 0.989. The zero-order valence-electron chi connectivity index (χ0n) is 8.02. The van der Waals surface area contributed by atoms with E-state index in [9.17, 15) is 15.2 Å². The molecular formula is C10H8NO4-. The molecule has 0 heterocycles. The van der Waals surface area contributed by atoms with E-state index in [0.29, 0.717) is 0 Å². The maximum absolute atomic E-state index is 11.4. The first kappa shape index (κ1) is 10.9. The highest BCUT2D eigenvalue weighted by Crippen LogP contribution is 2.32. The molecule has 0 aliphatic carbocycles. The summed E-state index contributed by atoms with van der Waals surface area (Å²) in [6, 6.07) is 2.48. The van der Waals surface area contributed by atoms with Crippen molar-refractivity contribution in [1.82, 2.24) is 0 Å². The average molecular weight is 206 g/mol. The van der Waals surface area contributed by atoms with Crippen LogP contribution in [0.1, 0.15) is 5.56 Å². The monoisotopic (exact) mass is 206 g/mol. The van der Waals surface area contributed by atoms with Crippen LogP contribution >= 0.6 is 0 Å². The number of benzene rings is 1. The summed E-state index contributed by atoms with van der Waals surface area (Å²) < 4.78 is 5.04. The molecule has 0 atom stereocenters. The normalized spacial score (nSPS) is 9.33. The van der Waals surface area contributed by atoms with Gasteiger partial charge in [-0.1, -0.05) is 5.92 Å². The summed E-state index contributed by atoms with van der Waals surface area (Å²) in [4.78, 5) is 9.71. The lowest BCUT2D eigenvalue weighted by Gasteiger charge is -2.14. The van der Waals surface area contributed by atoms with E-state index in [1.54, 1.807) is 0 Å². The highest BCUT2D eigenvalue weighted by Gasteiger charge is 2.11. The standard InChI is InChI=1S/C10H9NO4/c1-3-6-15-9-5-4-8(11(13)14)10(12)7(9)2/h1,4-5,12H,6H2,2H3/p-1. The summed E-state index contributed by atoms with van der Waals surface area (Å²) in [7, 11) is 0. The second kappa shape index (κ2) is 4.33. The topological polar surface area (TPSA) is 75.4 Å². The van der Waals surface area contributed by atoms with Crippen molar-refractivity contribution >= 4 is 5.69 Å². The molecule has 0 aromatic heterocycles. The molecule has 1 rings (SSSR count). The summed E-state index contributed by atoms with van der Waals surface area (Å²) >= 11 is 0. The lowest BCUT2D eigenvalue weighted by molar-refractivity contribution is -0.398. The smallest absolute Gasteiger partial charge is 0.262 e. The van der Waals surface area contributed by atoms with Crippen LogP contribution in [0.5, 0.6) is 11.5 Å². The Labute approximate surface area is 86.5 Å². The van der Waals surface area contributed by atoms with Crippen LogP contribution in [0.25, 0.3) is 0 Å². The van der Waals surface area contributed by atoms with E-state index in [2.05, 4.69) is 5.92 Å². The third kappa shape index (κ3) is 2.17. The van der Waals surface area contributed by atoms with Crippen LogP contribution in [-0.4, -0.2) is 11.5 Å². The predicted molar refractivity (Wildman–Crippen MR) is 51.6 cm³/mol. The zero-order chi connectivity index (χ0) is 11.4. The Morgan fingerprint density at radius 2 is 2.27 bits per heavy atom. The molecule has 0 spiro atoms. The summed E-state index contributed by atoms with van der Waals surface area (Å²) in [5, 5.41) is 21.9. The van der Waals surface area contributed by atoms with Gasteiger partial charge in [-0.2, -0.15) is 0 Å². The van der Waals surface area contributed by atoms with Crippen LogP contribution in [0.3, 0.4) is 0 Å². The van der Waals surface area contributed by atoms with Crippen molar-refractivity contribution in [2.75, 3.05) is 6.61 Å². The minimum absolute atomic E-state index is 0.0259. The van der Waals surface area contributed by atoms with Crippen LogP contribution in [-0.2, 0) is 0 Å². The summed E-state index contributed by atoms with van der Waals surface area (Å²) in [6.07, 6.45) is 4.98. The molecule has 5 nitrogen and oxygen atoms in total. The molecule has 0 unspecified atom stereocenters. The Bertz CT molecular complexity index is 434. The van der Waals surface area contributed by atoms with Crippen molar-refractivity contribution in [1.29, 1.82) is 0 Å². The Balaban J connectivity index is 3.11. The van der Waals surface area contributed by atoms with Gasteiger partial charge in [0, 0.05) is 6.07 Å². The van der Waals surface area contributed by atoms with Gasteiger partial charge in [0.05, 0.1) is 4.92 Å². The fourth-order valence-electron chi connectivity index (χ4n) is 1.08. The van der Waals surface area contributed by atoms with Gasteiger partial charge in [-0.3, -0.25) is 10.1 Å². The van der Waals surface area contributed by atoms with Crippen LogP contribution in [0, 0.1) is 29.4 Å². The van der Waals surface area contributed by atoms with E-state index >= 15 is 0 Å². The maximum atomic E-state index is 11.4. The van der Waals surface area contributed by atoms with E-state index in [-0.39, 0.29) is 17.9 Å². The van der Waals surface area contributed by atoms with Crippen molar-refractivity contribution in [3.05, 3.63) is 27.8 Å². The molecule has 0 saturated heterocycles. The summed E-state index contributed by atoms with van der Waals surface area (Å²) in [5.74, 6) is 1.88. The third-order valence-corrected chi connectivity index (χ3v) is 1.84. The van der Waals surface area contributed by atoms with Gasteiger partial charge < -0.3 is 9.84 Å².